The van der Waals surface area contributed by atoms with Gasteiger partial charge in [-0.05, 0) is 12.8 Å². The summed E-state index contributed by atoms with van der Waals surface area (Å²) in [4.78, 5) is 23.7. The van der Waals surface area contributed by atoms with E-state index in [4.69, 9.17) is 5.73 Å². The van der Waals surface area contributed by atoms with Crippen LogP contribution in [0.5, 0.6) is 0 Å². The first kappa shape index (κ1) is 12.6. The van der Waals surface area contributed by atoms with Gasteiger partial charge in [-0.15, -0.1) is 0 Å². The summed E-state index contributed by atoms with van der Waals surface area (Å²) in [6.07, 6.45) is 2.30. The minimum absolute atomic E-state index is 0.0312. The number of anilines is 1. The molecule has 6 nitrogen and oxygen atoms in total. The van der Waals surface area contributed by atoms with Gasteiger partial charge in [0.1, 0.15) is 11.6 Å². The van der Waals surface area contributed by atoms with Gasteiger partial charge < -0.3 is 15.6 Å². The second kappa shape index (κ2) is 5.30. The smallest absolute Gasteiger partial charge is 0.252 e. The third kappa shape index (κ3) is 2.96. The molecule has 1 aromatic heterocycles. The van der Waals surface area contributed by atoms with Crippen LogP contribution in [0, 0.1) is 0 Å². The molecule has 0 atom stereocenters. The number of piperazine rings is 1. The molecule has 2 heterocycles. The number of nitrogens with zero attached hydrogens (tertiary/aromatic N) is 3. The number of nitrogens with one attached hydrogen (secondary N) is 1. The van der Waals surface area contributed by atoms with E-state index in [1.807, 2.05) is 0 Å². The molecular weight excluding hydrogens is 242 g/mol. The molecule has 2 aliphatic rings. The van der Waals surface area contributed by atoms with Crippen molar-refractivity contribution < 1.29 is 0 Å². The maximum absolute atomic E-state index is 11.7. The van der Waals surface area contributed by atoms with E-state index in [-0.39, 0.29) is 5.56 Å². The third-order valence-electron chi connectivity index (χ3n) is 3.85. The quantitative estimate of drug-likeness (QED) is 0.782. The van der Waals surface area contributed by atoms with Gasteiger partial charge in [0.25, 0.3) is 5.56 Å². The lowest BCUT2D eigenvalue weighted by Gasteiger charge is -2.35. The summed E-state index contributed by atoms with van der Waals surface area (Å²) in [6, 6.07) is 1.62. The Labute approximate surface area is 112 Å². The summed E-state index contributed by atoms with van der Waals surface area (Å²) in [5, 5.41) is 0. The van der Waals surface area contributed by atoms with Gasteiger partial charge in [-0.25, -0.2) is 4.98 Å². The van der Waals surface area contributed by atoms with Crippen LogP contribution >= 0.6 is 0 Å². The van der Waals surface area contributed by atoms with E-state index in [0.29, 0.717) is 12.5 Å². The van der Waals surface area contributed by atoms with Crippen molar-refractivity contribution in [3.8, 4) is 0 Å². The highest BCUT2D eigenvalue weighted by Crippen LogP contribution is 2.37. The maximum atomic E-state index is 11.7. The first-order chi connectivity index (χ1) is 9.26. The molecule has 19 heavy (non-hydrogen) atoms. The summed E-state index contributed by atoms with van der Waals surface area (Å²) >= 11 is 0. The van der Waals surface area contributed by atoms with E-state index in [1.165, 1.54) is 0 Å². The molecule has 1 aliphatic heterocycles. The molecule has 6 heteroatoms. The van der Waals surface area contributed by atoms with Crippen LogP contribution < -0.4 is 16.2 Å². The molecule has 0 radical (unpaired) electrons. The molecule has 1 saturated heterocycles. The minimum atomic E-state index is -0.0312. The summed E-state index contributed by atoms with van der Waals surface area (Å²) in [6.45, 7) is 5.47. The zero-order valence-corrected chi connectivity index (χ0v) is 11.1. The van der Waals surface area contributed by atoms with E-state index in [2.05, 4.69) is 19.8 Å². The number of aromatic amines is 1. The molecule has 1 aliphatic carbocycles. The van der Waals surface area contributed by atoms with Crippen molar-refractivity contribution >= 4 is 5.82 Å². The van der Waals surface area contributed by atoms with Crippen molar-refractivity contribution in [1.82, 2.24) is 14.9 Å². The zero-order chi connectivity index (χ0) is 13.2. The van der Waals surface area contributed by atoms with Gasteiger partial charge in [0.2, 0.25) is 0 Å². The van der Waals surface area contributed by atoms with Crippen LogP contribution in [0.15, 0.2) is 10.9 Å². The second-order valence-electron chi connectivity index (χ2n) is 5.38. The predicted octanol–water partition coefficient (Wildman–Crippen LogP) is -0.272. The van der Waals surface area contributed by atoms with Gasteiger partial charge in [-0.3, -0.25) is 9.69 Å². The average molecular weight is 263 g/mol. The van der Waals surface area contributed by atoms with Crippen LogP contribution in [0.2, 0.25) is 0 Å². The first-order valence-electron chi connectivity index (χ1n) is 7.05. The van der Waals surface area contributed by atoms with Crippen LogP contribution in [0.3, 0.4) is 0 Å². The number of hydrogen-bond donors (Lipinski definition) is 2. The summed E-state index contributed by atoms with van der Waals surface area (Å²) in [7, 11) is 0. The largest absolute Gasteiger partial charge is 0.354 e. The Bertz CT molecular complexity index is 488. The Balaban J connectivity index is 1.70. The highest BCUT2D eigenvalue weighted by molar-refractivity contribution is 5.38. The Morgan fingerprint density at radius 3 is 2.68 bits per heavy atom. The molecule has 0 spiro atoms. The number of nitrogens with two attached hydrogens (primary N) is 1. The van der Waals surface area contributed by atoms with Gasteiger partial charge in [-0.1, -0.05) is 0 Å². The lowest BCUT2D eigenvalue weighted by molar-refractivity contribution is 0.264. The molecule has 0 aromatic carbocycles. The maximum Gasteiger partial charge on any atom is 0.252 e. The molecular formula is C13H21N5O. The van der Waals surface area contributed by atoms with Gasteiger partial charge in [0.05, 0.1) is 0 Å². The molecule has 2 fully saturated rings. The first-order valence-corrected chi connectivity index (χ1v) is 7.05. The highest BCUT2D eigenvalue weighted by atomic mass is 16.1. The molecule has 104 valence electrons. The number of rotatable bonds is 4. The monoisotopic (exact) mass is 263 g/mol. The summed E-state index contributed by atoms with van der Waals surface area (Å²) in [5.41, 5.74) is 5.54. The van der Waals surface area contributed by atoms with Crippen LogP contribution in [-0.2, 0) is 0 Å². The molecule has 1 saturated carbocycles. The van der Waals surface area contributed by atoms with Crippen LogP contribution in [0.25, 0.3) is 0 Å². The second-order valence-corrected chi connectivity index (χ2v) is 5.38. The van der Waals surface area contributed by atoms with E-state index >= 15 is 0 Å². The Kier molecular flexibility index (Phi) is 3.52. The Morgan fingerprint density at radius 1 is 1.32 bits per heavy atom. The highest BCUT2D eigenvalue weighted by Gasteiger charge is 2.27. The molecule has 3 N–H and O–H groups in total. The lowest BCUT2D eigenvalue weighted by atomic mass is 10.3. The zero-order valence-electron chi connectivity index (χ0n) is 11.1. The van der Waals surface area contributed by atoms with Crippen molar-refractivity contribution in [2.75, 3.05) is 44.2 Å². The predicted molar refractivity (Wildman–Crippen MR) is 74.5 cm³/mol. The van der Waals surface area contributed by atoms with Crippen molar-refractivity contribution in [2.24, 2.45) is 5.73 Å². The van der Waals surface area contributed by atoms with Gasteiger partial charge in [-0.2, -0.15) is 0 Å². The van der Waals surface area contributed by atoms with Crippen molar-refractivity contribution in [1.29, 1.82) is 0 Å². The van der Waals surface area contributed by atoms with Crippen LogP contribution in [0.4, 0.5) is 5.82 Å². The van der Waals surface area contributed by atoms with Gasteiger partial charge in [0.15, 0.2) is 0 Å². The van der Waals surface area contributed by atoms with Crippen LogP contribution in [-0.4, -0.2) is 54.1 Å². The SMILES string of the molecule is NCCN1CCN(c2cc(=O)[nH]c(C3CC3)n2)CC1. The normalized spacial score (nSPS) is 20.8. The van der Waals surface area contributed by atoms with Gasteiger partial charge >= 0.3 is 0 Å². The average Bonchev–Trinajstić information content (AvgIpc) is 3.23. The van der Waals surface area contributed by atoms with E-state index < -0.39 is 0 Å². The molecule has 0 amide bonds. The Morgan fingerprint density at radius 2 is 2.05 bits per heavy atom. The van der Waals surface area contributed by atoms with Crippen molar-refractivity contribution in [3.05, 3.63) is 22.2 Å². The van der Waals surface area contributed by atoms with Crippen molar-refractivity contribution in [2.45, 2.75) is 18.8 Å². The third-order valence-corrected chi connectivity index (χ3v) is 3.85. The molecule has 0 unspecified atom stereocenters. The molecule has 1 aromatic rings. The Hall–Kier alpha value is -1.40. The van der Waals surface area contributed by atoms with E-state index in [9.17, 15) is 4.79 Å². The molecule has 3 rings (SSSR count). The fraction of sp³-hybridized carbons (Fsp3) is 0.692. The van der Waals surface area contributed by atoms with E-state index in [0.717, 1.165) is 57.2 Å². The summed E-state index contributed by atoms with van der Waals surface area (Å²) in [5.74, 6) is 2.18. The van der Waals surface area contributed by atoms with E-state index in [1.54, 1.807) is 6.07 Å². The minimum Gasteiger partial charge on any atom is -0.354 e. The fourth-order valence-electron chi connectivity index (χ4n) is 2.56. The lowest BCUT2D eigenvalue weighted by Crippen LogP contribution is -2.48. The van der Waals surface area contributed by atoms with Crippen LogP contribution in [0.1, 0.15) is 24.6 Å². The fourth-order valence-corrected chi connectivity index (χ4v) is 2.56. The summed E-state index contributed by atoms with van der Waals surface area (Å²) < 4.78 is 0. The number of hydrogen-bond acceptors (Lipinski definition) is 5. The topological polar surface area (TPSA) is 78.2 Å². The van der Waals surface area contributed by atoms with Crippen molar-refractivity contribution in [3.63, 3.8) is 0 Å². The van der Waals surface area contributed by atoms with Gasteiger partial charge in [0, 0.05) is 51.3 Å². The number of H-pyrrole nitrogens is 1. The number of aromatic nitrogens is 2. The molecule has 0 bridgehead atoms. The standard InChI is InChI=1S/C13H21N5O/c14-3-4-17-5-7-18(8-6-17)11-9-12(19)16-13(15-11)10-1-2-10/h9-10H,1-8,14H2,(H,15,16,19).